The van der Waals surface area contributed by atoms with Crippen LogP contribution in [0.25, 0.3) is 0 Å². The minimum Gasteiger partial charge on any atom is -0.458 e. The average molecular weight is 493 g/mol. The largest absolute Gasteiger partial charge is 0.469 e. The maximum absolute atomic E-state index is 12.1. The standard InChI is InChI=1S/C22H37O10P/c1-17(2)21(24)29-15-19(16-30-22(25)18(3)4)32-20(23)13-11-9-7-5-6-8-10-12-14-31-33(26,27)28/h19H,1,3,5-16H2,2,4H3,(H2,26,27,28). The van der Waals surface area contributed by atoms with Gasteiger partial charge in [-0.3, -0.25) is 9.32 Å². The van der Waals surface area contributed by atoms with E-state index < -0.39 is 31.8 Å². The van der Waals surface area contributed by atoms with Gasteiger partial charge in [-0.1, -0.05) is 51.7 Å². The van der Waals surface area contributed by atoms with Crippen molar-refractivity contribution in [2.45, 2.75) is 77.7 Å². The highest BCUT2D eigenvalue weighted by molar-refractivity contribution is 7.46. The number of esters is 3. The summed E-state index contributed by atoms with van der Waals surface area (Å²) >= 11 is 0. The van der Waals surface area contributed by atoms with E-state index in [0.717, 1.165) is 38.5 Å². The predicted molar refractivity (Wildman–Crippen MR) is 121 cm³/mol. The second-order valence-electron chi connectivity index (χ2n) is 7.77. The Balaban J connectivity index is 4.06. The third-order valence-corrected chi connectivity index (χ3v) is 4.85. The van der Waals surface area contributed by atoms with Gasteiger partial charge in [-0.2, -0.15) is 0 Å². The number of carbonyl (C=O) groups excluding carboxylic acids is 3. The van der Waals surface area contributed by atoms with Gasteiger partial charge in [0.2, 0.25) is 0 Å². The third-order valence-electron chi connectivity index (χ3n) is 4.33. The van der Waals surface area contributed by atoms with Gasteiger partial charge in [0.15, 0.2) is 6.10 Å². The lowest BCUT2D eigenvalue weighted by molar-refractivity contribution is -0.164. The zero-order valence-corrected chi connectivity index (χ0v) is 20.5. The molecule has 11 heteroatoms. The van der Waals surface area contributed by atoms with Crippen molar-refractivity contribution in [3.8, 4) is 0 Å². The molecule has 0 radical (unpaired) electrons. The van der Waals surface area contributed by atoms with Gasteiger partial charge < -0.3 is 24.0 Å². The highest BCUT2D eigenvalue weighted by Gasteiger charge is 2.20. The molecule has 0 aliphatic heterocycles. The van der Waals surface area contributed by atoms with Crippen LogP contribution in [0.4, 0.5) is 0 Å². The molecule has 0 aliphatic rings. The molecule has 0 aliphatic carbocycles. The summed E-state index contributed by atoms with van der Waals surface area (Å²) in [6.45, 7) is 9.48. The Morgan fingerprint density at radius 3 is 1.64 bits per heavy atom. The van der Waals surface area contributed by atoms with Crippen molar-refractivity contribution in [3.05, 3.63) is 24.3 Å². The molecule has 10 nitrogen and oxygen atoms in total. The van der Waals surface area contributed by atoms with Crippen LogP contribution in [-0.4, -0.2) is 53.6 Å². The minimum atomic E-state index is -4.37. The molecule has 0 fully saturated rings. The van der Waals surface area contributed by atoms with Crippen molar-refractivity contribution in [3.63, 3.8) is 0 Å². The van der Waals surface area contributed by atoms with Crippen LogP contribution in [0, 0.1) is 0 Å². The van der Waals surface area contributed by atoms with Crippen LogP contribution in [0.15, 0.2) is 24.3 Å². The van der Waals surface area contributed by atoms with E-state index >= 15 is 0 Å². The minimum absolute atomic E-state index is 0.0478. The lowest BCUT2D eigenvalue weighted by Crippen LogP contribution is -2.31. The van der Waals surface area contributed by atoms with E-state index in [-0.39, 0.29) is 37.4 Å². The first-order chi connectivity index (χ1) is 15.4. The zero-order chi connectivity index (χ0) is 25.3. The smallest absolute Gasteiger partial charge is 0.458 e. The Kier molecular flexibility index (Phi) is 16.4. The molecule has 0 saturated carbocycles. The lowest BCUT2D eigenvalue weighted by atomic mass is 10.1. The molecule has 0 rings (SSSR count). The molecule has 0 saturated heterocycles. The molecule has 33 heavy (non-hydrogen) atoms. The molecular formula is C22H37O10P. The van der Waals surface area contributed by atoms with Gasteiger partial charge in [0.1, 0.15) is 13.2 Å². The zero-order valence-electron chi connectivity index (χ0n) is 19.6. The molecule has 0 aromatic rings. The van der Waals surface area contributed by atoms with Crippen LogP contribution in [-0.2, 0) is 37.7 Å². The first kappa shape index (κ1) is 31.0. The van der Waals surface area contributed by atoms with E-state index in [1.165, 1.54) is 13.8 Å². The van der Waals surface area contributed by atoms with Gasteiger partial charge in [0.25, 0.3) is 0 Å². The summed E-state index contributed by atoms with van der Waals surface area (Å²) in [6.07, 6.45) is 6.06. The predicted octanol–water partition coefficient (Wildman–Crippen LogP) is 3.76. The van der Waals surface area contributed by atoms with Gasteiger partial charge in [-0.15, -0.1) is 0 Å². The third kappa shape index (κ3) is 19.2. The molecular weight excluding hydrogens is 455 g/mol. The molecule has 0 bridgehead atoms. The molecule has 0 atom stereocenters. The van der Waals surface area contributed by atoms with Crippen LogP contribution in [0.3, 0.4) is 0 Å². The highest BCUT2D eigenvalue weighted by Crippen LogP contribution is 2.35. The summed E-state index contributed by atoms with van der Waals surface area (Å²) in [5.74, 6) is -1.73. The molecule has 0 aromatic carbocycles. The van der Waals surface area contributed by atoms with E-state index in [0.29, 0.717) is 12.8 Å². The van der Waals surface area contributed by atoms with E-state index in [9.17, 15) is 18.9 Å². The van der Waals surface area contributed by atoms with Crippen molar-refractivity contribution in [1.29, 1.82) is 0 Å². The number of hydrogen-bond donors (Lipinski definition) is 2. The lowest BCUT2D eigenvalue weighted by Gasteiger charge is -2.18. The maximum atomic E-state index is 12.1. The van der Waals surface area contributed by atoms with Crippen LogP contribution < -0.4 is 0 Å². The van der Waals surface area contributed by atoms with Crippen LogP contribution in [0.5, 0.6) is 0 Å². The average Bonchev–Trinajstić information content (AvgIpc) is 2.72. The number of phosphoric ester groups is 1. The molecule has 0 spiro atoms. The topological polar surface area (TPSA) is 146 Å². The van der Waals surface area contributed by atoms with Gasteiger partial charge in [0.05, 0.1) is 6.61 Å². The van der Waals surface area contributed by atoms with Crippen molar-refractivity contribution in [2.24, 2.45) is 0 Å². The monoisotopic (exact) mass is 492 g/mol. The molecule has 2 N–H and O–H groups in total. The first-order valence-electron chi connectivity index (χ1n) is 11.0. The number of rotatable bonds is 19. The molecule has 190 valence electrons. The quantitative estimate of drug-likeness (QED) is 0.0898. The highest BCUT2D eigenvalue weighted by atomic mass is 31.2. The number of phosphoric acid groups is 1. The summed E-state index contributed by atoms with van der Waals surface area (Å²) in [5, 5.41) is 0. The first-order valence-corrected chi connectivity index (χ1v) is 12.5. The summed E-state index contributed by atoms with van der Waals surface area (Å²) in [4.78, 5) is 52.4. The normalized spacial score (nSPS) is 11.2. The Hall–Kier alpha value is -2.00. The van der Waals surface area contributed by atoms with E-state index in [1.54, 1.807) is 0 Å². The van der Waals surface area contributed by atoms with E-state index in [4.69, 9.17) is 24.0 Å². The fourth-order valence-corrected chi connectivity index (χ4v) is 2.93. The molecule has 0 aromatic heterocycles. The fourth-order valence-electron chi connectivity index (χ4n) is 2.56. The van der Waals surface area contributed by atoms with Crippen LogP contribution in [0.2, 0.25) is 0 Å². The number of hydrogen-bond acceptors (Lipinski definition) is 8. The Morgan fingerprint density at radius 2 is 1.21 bits per heavy atom. The fraction of sp³-hybridized carbons (Fsp3) is 0.682. The Bertz CT molecular complexity index is 667. The summed E-state index contributed by atoms with van der Waals surface area (Å²) < 4.78 is 30.2. The van der Waals surface area contributed by atoms with Gasteiger partial charge in [-0.05, 0) is 26.7 Å². The van der Waals surface area contributed by atoms with Crippen molar-refractivity contribution in [2.75, 3.05) is 19.8 Å². The second-order valence-corrected chi connectivity index (χ2v) is 9.01. The number of unbranched alkanes of at least 4 members (excludes halogenated alkanes) is 7. The molecule has 0 amide bonds. The van der Waals surface area contributed by atoms with Gasteiger partial charge >= 0.3 is 25.7 Å². The summed E-state index contributed by atoms with van der Waals surface area (Å²) in [5.41, 5.74) is 0.405. The Labute approximate surface area is 195 Å². The van der Waals surface area contributed by atoms with Crippen molar-refractivity contribution >= 4 is 25.7 Å². The van der Waals surface area contributed by atoms with Crippen molar-refractivity contribution in [1.82, 2.24) is 0 Å². The van der Waals surface area contributed by atoms with E-state index in [2.05, 4.69) is 17.7 Å². The summed E-state index contributed by atoms with van der Waals surface area (Å²) in [7, 11) is -4.37. The summed E-state index contributed by atoms with van der Waals surface area (Å²) in [6, 6.07) is 0. The van der Waals surface area contributed by atoms with Crippen molar-refractivity contribution < 1.29 is 47.5 Å². The second kappa shape index (κ2) is 17.5. The number of ether oxygens (including phenoxy) is 3. The Morgan fingerprint density at radius 1 is 0.788 bits per heavy atom. The van der Waals surface area contributed by atoms with Gasteiger partial charge in [0, 0.05) is 17.6 Å². The van der Waals surface area contributed by atoms with Crippen LogP contribution in [0.1, 0.15) is 71.6 Å². The van der Waals surface area contributed by atoms with Gasteiger partial charge in [-0.25, -0.2) is 14.2 Å². The SMILES string of the molecule is C=C(C)C(=O)OCC(COC(=O)C(=C)C)OC(=O)CCCCCCCCCCOP(=O)(O)O. The maximum Gasteiger partial charge on any atom is 0.469 e. The molecule has 0 heterocycles. The van der Waals surface area contributed by atoms with Crippen LogP contribution >= 0.6 is 7.82 Å². The molecule has 0 unspecified atom stereocenters. The van der Waals surface area contributed by atoms with E-state index in [1.807, 2.05) is 0 Å². The number of carbonyl (C=O) groups is 3.